The van der Waals surface area contributed by atoms with Gasteiger partial charge in [-0.2, -0.15) is 0 Å². The van der Waals surface area contributed by atoms with E-state index in [-0.39, 0.29) is 12.6 Å². The Kier molecular flexibility index (Phi) is 56.1. The largest absolute Gasteiger partial charge is 0.463 e. The van der Waals surface area contributed by atoms with E-state index in [1.165, 1.54) is 116 Å². The van der Waals surface area contributed by atoms with Crippen LogP contribution in [-0.2, 0) is 61.6 Å². The molecule has 0 bridgehead atoms. The monoisotopic (exact) mass is 881 g/mol. The Bertz CT molecular complexity index is 795. The highest BCUT2D eigenvalue weighted by Gasteiger charge is 2.03. The first-order valence-corrected chi connectivity index (χ1v) is 24.8. The van der Waals surface area contributed by atoms with Gasteiger partial charge in [0.25, 0.3) is 0 Å². The van der Waals surface area contributed by atoms with E-state index in [9.17, 15) is 4.79 Å². The van der Waals surface area contributed by atoms with Gasteiger partial charge in [0.1, 0.15) is 6.61 Å². The smallest absolute Gasteiger partial charge is 0.305 e. The maximum atomic E-state index is 11.6. The van der Waals surface area contributed by atoms with Gasteiger partial charge in [-0.15, -0.1) is 0 Å². The molecule has 0 aromatic heterocycles. The van der Waals surface area contributed by atoms with Crippen LogP contribution in [-0.4, -0.2) is 158 Å². The Balaban J connectivity index is 3.09. The average molecular weight is 881 g/mol. The van der Waals surface area contributed by atoms with Crippen LogP contribution in [0.2, 0.25) is 0 Å². The molecule has 0 rings (SSSR count). The first-order valence-electron chi connectivity index (χ1n) is 24.8. The van der Waals surface area contributed by atoms with Crippen LogP contribution in [0.3, 0.4) is 0 Å². The molecule has 0 aromatic rings. The van der Waals surface area contributed by atoms with E-state index in [2.05, 4.69) is 13.8 Å². The molecule has 0 amide bonds. The molecular weight excluding hydrogens is 785 g/mol. The summed E-state index contributed by atoms with van der Waals surface area (Å²) in [6.07, 6.45) is 28.2. The van der Waals surface area contributed by atoms with E-state index in [4.69, 9.17) is 56.8 Å². The van der Waals surface area contributed by atoms with Gasteiger partial charge in [0.15, 0.2) is 0 Å². The van der Waals surface area contributed by atoms with Crippen LogP contribution in [0.15, 0.2) is 0 Å². The zero-order valence-corrected chi connectivity index (χ0v) is 39.6. The molecule has 13 nitrogen and oxygen atoms in total. The van der Waals surface area contributed by atoms with E-state index in [0.717, 1.165) is 25.9 Å². The first kappa shape index (κ1) is 60.0. The van der Waals surface area contributed by atoms with Crippen LogP contribution in [0, 0.1) is 0 Å². The lowest BCUT2D eigenvalue weighted by molar-refractivity contribution is -0.145. The number of hydrogen-bond acceptors (Lipinski definition) is 13. The van der Waals surface area contributed by atoms with Gasteiger partial charge in [0.2, 0.25) is 0 Å². The van der Waals surface area contributed by atoms with Gasteiger partial charge in [-0.3, -0.25) is 4.79 Å². The Labute approximate surface area is 373 Å². The minimum Gasteiger partial charge on any atom is -0.463 e. The average Bonchev–Trinajstić information content (AvgIpc) is 3.27. The van der Waals surface area contributed by atoms with Crippen LogP contribution in [0.1, 0.15) is 155 Å². The first-order chi connectivity index (χ1) is 30.3. The second kappa shape index (κ2) is 57.0. The van der Waals surface area contributed by atoms with Crippen LogP contribution in [0.5, 0.6) is 0 Å². The van der Waals surface area contributed by atoms with Crippen molar-refractivity contribution in [3.8, 4) is 0 Å². The second-order valence-corrected chi connectivity index (χ2v) is 15.4. The van der Waals surface area contributed by atoms with Crippen molar-refractivity contribution in [3.05, 3.63) is 0 Å². The van der Waals surface area contributed by atoms with Gasteiger partial charge >= 0.3 is 5.97 Å². The van der Waals surface area contributed by atoms with Crippen LogP contribution in [0.4, 0.5) is 0 Å². The van der Waals surface area contributed by atoms with Gasteiger partial charge in [-0.25, -0.2) is 0 Å². The third kappa shape index (κ3) is 57.0. The molecule has 0 N–H and O–H groups in total. The molecule has 0 unspecified atom stereocenters. The van der Waals surface area contributed by atoms with E-state index < -0.39 is 0 Å². The molecule has 0 aromatic carbocycles. The van der Waals surface area contributed by atoms with Gasteiger partial charge in [-0.1, -0.05) is 136 Å². The molecule has 0 radical (unpaired) electrons. The van der Waals surface area contributed by atoms with E-state index in [1.807, 2.05) is 0 Å². The second-order valence-electron chi connectivity index (χ2n) is 15.4. The lowest BCUT2D eigenvalue weighted by atomic mass is 10.0. The van der Waals surface area contributed by atoms with Gasteiger partial charge < -0.3 is 56.8 Å². The third-order valence-corrected chi connectivity index (χ3v) is 9.84. The zero-order valence-electron chi connectivity index (χ0n) is 39.6. The topological polar surface area (TPSA) is 128 Å². The van der Waals surface area contributed by atoms with Crippen molar-refractivity contribution in [2.75, 3.05) is 152 Å². The normalized spacial score (nSPS) is 11.6. The summed E-state index contributed by atoms with van der Waals surface area (Å²) in [5, 5.41) is 0. The molecule has 0 saturated heterocycles. The van der Waals surface area contributed by atoms with E-state index >= 15 is 0 Å². The summed E-state index contributed by atoms with van der Waals surface area (Å²) in [6, 6.07) is 0. The number of carbonyl (C=O) groups excluding carboxylic acids is 1. The predicted molar refractivity (Wildman–Crippen MR) is 243 cm³/mol. The van der Waals surface area contributed by atoms with Gasteiger partial charge in [0, 0.05) is 13.0 Å². The maximum absolute atomic E-state index is 11.6. The van der Waals surface area contributed by atoms with Crippen LogP contribution >= 0.6 is 0 Å². The van der Waals surface area contributed by atoms with E-state index in [0.29, 0.717) is 145 Å². The van der Waals surface area contributed by atoms with Gasteiger partial charge in [0.05, 0.1) is 139 Å². The summed E-state index contributed by atoms with van der Waals surface area (Å²) in [4.78, 5) is 11.6. The molecule has 0 spiro atoms. The molecule has 0 aliphatic carbocycles. The van der Waals surface area contributed by atoms with Crippen molar-refractivity contribution < 1.29 is 61.6 Å². The summed E-state index contributed by atoms with van der Waals surface area (Å²) >= 11 is 0. The highest BCUT2D eigenvalue weighted by atomic mass is 16.6. The summed E-state index contributed by atoms with van der Waals surface area (Å²) in [5.74, 6) is -0.145. The van der Waals surface area contributed by atoms with Crippen molar-refractivity contribution in [3.63, 3.8) is 0 Å². The Morgan fingerprint density at radius 2 is 0.426 bits per heavy atom. The highest BCUT2D eigenvalue weighted by molar-refractivity contribution is 5.69. The van der Waals surface area contributed by atoms with Crippen molar-refractivity contribution in [1.29, 1.82) is 0 Å². The number of rotatable bonds is 56. The van der Waals surface area contributed by atoms with Crippen LogP contribution < -0.4 is 0 Å². The molecule has 0 saturated carbocycles. The molecule has 0 aliphatic heterocycles. The third-order valence-electron chi connectivity index (χ3n) is 9.84. The number of ether oxygens (including phenoxy) is 12. The molecule has 366 valence electrons. The number of esters is 1. The SMILES string of the molecule is CCCCCCCCCCCCCCCCCCOCCOCCOCCOCCOCCOCCOCCOCCOCCOCCOCCOC(=O)CCCCCCC. The fourth-order valence-electron chi connectivity index (χ4n) is 6.21. The summed E-state index contributed by atoms with van der Waals surface area (Å²) in [5.41, 5.74) is 0. The molecule has 0 fully saturated rings. The number of carbonyl (C=O) groups is 1. The molecule has 13 heteroatoms. The molecule has 61 heavy (non-hydrogen) atoms. The van der Waals surface area contributed by atoms with Crippen molar-refractivity contribution in [1.82, 2.24) is 0 Å². The molecule has 0 atom stereocenters. The number of hydrogen-bond donors (Lipinski definition) is 0. The minimum atomic E-state index is -0.145. The maximum Gasteiger partial charge on any atom is 0.305 e. The quantitative estimate of drug-likeness (QED) is 0.0426. The Hall–Kier alpha value is -0.970. The summed E-state index contributed by atoms with van der Waals surface area (Å²) < 4.78 is 66.0. The minimum absolute atomic E-state index is 0.145. The predicted octanol–water partition coefficient (Wildman–Crippen LogP) is 9.33. The van der Waals surface area contributed by atoms with Crippen LogP contribution in [0.25, 0.3) is 0 Å². The van der Waals surface area contributed by atoms with Crippen molar-refractivity contribution >= 4 is 5.97 Å². The fraction of sp³-hybridized carbons (Fsp3) is 0.979. The molecule has 0 aliphatic rings. The lowest BCUT2D eigenvalue weighted by Crippen LogP contribution is -2.15. The fourth-order valence-corrected chi connectivity index (χ4v) is 6.21. The zero-order chi connectivity index (χ0) is 43.9. The summed E-state index contributed by atoms with van der Waals surface area (Å²) in [6.45, 7) is 16.4. The highest BCUT2D eigenvalue weighted by Crippen LogP contribution is 2.14. The summed E-state index contributed by atoms with van der Waals surface area (Å²) in [7, 11) is 0. The van der Waals surface area contributed by atoms with E-state index in [1.54, 1.807) is 0 Å². The van der Waals surface area contributed by atoms with Crippen molar-refractivity contribution in [2.45, 2.75) is 155 Å². The Morgan fingerprint density at radius 3 is 0.689 bits per heavy atom. The Morgan fingerprint density at radius 1 is 0.230 bits per heavy atom. The lowest BCUT2D eigenvalue weighted by Gasteiger charge is -2.09. The molecule has 0 heterocycles. The van der Waals surface area contributed by atoms with Gasteiger partial charge in [-0.05, 0) is 12.8 Å². The standard InChI is InChI=1S/C48H96O13/c1-3-5-7-9-10-11-12-13-14-15-16-17-18-19-21-23-25-50-26-27-51-28-29-52-30-31-53-32-33-54-34-35-55-36-37-56-38-39-57-40-41-58-42-43-59-44-45-60-46-47-61-48(49)24-22-20-8-6-4-2/h3-47H2,1-2H3. The molecular formula is C48H96O13. The number of unbranched alkanes of at least 4 members (excludes halogenated alkanes) is 19. The van der Waals surface area contributed by atoms with Crippen molar-refractivity contribution in [2.24, 2.45) is 0 Å².